The molecule has 1 aliphatic heterocycles. The number of aliphatic hydroxyl groups is 1. The number of likely N-dealkylation sites (tertiary alicyclic amines) is 1. The van der Waals surface area contributed by atoms with Gasteiger partial charge in [-0.3, -0.25) is 9.59 Å². The molecule has 9 heteroatoms. The van der Waals surface area contributed by atoms with Crippen LogP contribution in [-0.4, -0.2) is 78.3 Å². The number of fused-ring (bicyclic) bond motifs is 1. The standard InChI is InChI=1S/C28H35FN4O4/c1-4-21(30-2)27(35)32-23(16-37-3)28(36)33-14-13-25(34)24(33)15-20-19-7-5-6-8-22(19)31-26(20)17-9-11-18(29)12-10-17/h5-12,21,23-25,30-31,34H,4,13-16H2,1-3H3,(H,32,35)/t21-,23-,24-,25?/m0/s1. The summed E-state index contributed by atoms with van der Waals surface area (Å²) in [7, 11) is 3.19. The zero-order chi connectivity index (χ0) is 26.5. The predicted molar refractivity (Wildman–Crippen MR) is 140 cm³/mol. The molecule has 37 heavy (non-hydrogen) atoms. The third kappa shape index (κ3) is 5.69. The van der Waals surface area contributed by atoms with Gasteiger partial charge >= 0.3 is 0 Å². The Morgan fingerprint density at radius 3 is 2.59 bits per heavy atom. The van der Waals surface area contributed by atoms with Crippen LogP contribution in [0.3, 0.4) is 0 Å². The largest absolute Gasteiger partial charge is 0.391 e. The second-order valence-electron chi connectivity index (χ2n) is 9.46. The average Bonchev–Trinajstić information content (AvgIpc) is 3.45. The van der Waals surface area contributed by atoms with E-state index in [4.69, 9.17) is 4.74 Å². The minimum Gasteiger partial charge on any atom is -0.391 e. The van der Waals surface area contributed by atoms with Gasteiger partial charge in [-0.15, -0.1) is 0 Å². The van der Waals surface area contributed by atoms with Crippen molar-refractivity contribution < 1.29 is 23.8 Å². The first-order valence-corrected chi connectivity index (χ1v) is 12.7. The van der Waals surface area contributed by atoms with E-state index in [1.54, 1.807) is 24.1 Å². The Labute approximate surface area is 216 Å². The van der Waals surface area contributed by atoms with Crippen molar-refractivity contribution in [2.24, 2.45) is 0 Å². The Morgan fingerprint density at radius 1 is 1.19 bits per heavy atom. The monoisotopic (exact) mass is 510 g/mol. The number of ether oxygens (including phenoxy) is 1. The van der Waals surface area contributed by atoms with Crippen molar-refractivity contribution in [3.63, 3.8) is 0 Å². The molecule has 0 radical (unpaired) electrons. The maximum Gasteiger partial charge on any atom is 0.247 e. The molecule has 3 aromatic rings. The summed E-state index contributed by atoms with van der Waals surface area (Å²) in [5.74, 6) is -0.878. The molecule has 0 spiro atoms. The summed E-state index contributed by atoms with van der Waals surface area (Å²) in [5.41, 5.74) is 3.51. The quantitative estimate of drug-likeness (QED) is 0.336. The van der Waals surface area contributed by atoms with Gasteiger partial charge in [-0.2, -0.15) is 0 Å². The summed E-state index contributed by atoms with van der Waals surface area (Å²) in [6.07, 6.45) is 0.685. The lowest BCUT2D eigenvalue weighted by Crippen LogP contribution is -2.56. The van der Waals surface area contributed by atoms with Gasteiger partial charge in [0.15, 0.2) is 0 Å². The third-order valence-electron chi connectivity index (χ3n) is 7.17. The Hall–Kier alpha value is -3.27. The van der Waals surface area contributed by atoms with Gasteiger partial charge in [-0.05, 0) is 67.8 Å². The Kier molecular flexibility index (Phi) is 8.58. The number of benzene rings is 2. The van der Waals surface area contributed by atoms with Gasteiger partial charge in [0.05, 0.1) is 24.8 Å². The van der Waals surface area contributed by atoms with Gasteiger partial charge in [0, 0.05) is 30.3 Å². The van der Waals surface area contributed by atoms with Crippen LogP contribution >= 0.6 is 0 Å². The van der Waals surface area contributed by atoms with Crippen molar-refractivity contribution in [1.82, 2.24) is 20.5 Å². The maximum absolute atomic E-state index is 13.7. The highest BCUT2D eigenvalue weighted by atomic mass is 19.1. The van der Waals surface area contributed by atoms with Crippen molar-refractivity contribution in [2.75, 3.05) is 27.3 Å². The average molecular weight is 511 g/mol. The number of aliphatic hydroxyl groups excluding tert-OH is 1. The van der Waals surface area contributed by atoms with Crippen LogP contribution in [0.15, 0.2) is 48.5 Å². The fraction of sp³-hybridized carbons (Fsp3) is 0.429. The first-order valence-electron chi connectivity index (χ1n) is 12.7. The van der Waals surface area contributed by atoms with Gasteiger partial charge in [-0.1, -0.05) is 25.1 Å². The number of aromatic nitrogens is 1. The van der Waals surface area contributed by atoms with Crippen LogP contribution in [0.5, 0.6) is 0 Å². The fourth-order valence-corrected chi connectivity index (χ4v) is 5.18. The molecular formula is C28H35FN4O4. The molecule has 0 aliphatic carbocycles. The molecule has 4 N–H and O–H groups in total. The number of nitrogens with one attached hydrogen (secondary N) is 3. The molecule has 2 amide bonds. The predicted octanol–water partition coefficient (Wildman–Crippen LogP) is 2.61. The van der Waals surface area contributed by atoms with Crippen molar-refractivity contribution >= 4 is 22.7 Å². The fourth-order valence-electron chi connectivity index (χ4n) is 5.18. The van der Waals surface area contributed by atoms with Crippen LogP contribution in [0, 0.1) is 5.82 Å². The molecule has 8 nitrogen and oxygen atoms in total. The van der Waals surface area contributed by atoms with E-state index in [1.165, 1.54) is 19.2 Å². The van der Waals surface area contributed by atoms with E-state index < -0.39 is 24.2 Å². The summed E-state index contributed by atoms with van der Waals surface area (Å²) in [6, 6.07) is 12.3. The van der Waals surface area contributed by atoms with Gasteiger partial charge in [0.25, 0.3) is 0 Å². The van der Waals surface area contributed by atoms with E-state index in [1.807, 2.05) is 31.2 Å². The van der Waals surface area contributed by atoms with Crippen LogP contribution < -0.4 is 10.6 Å². The number of hydrogen-bond acceptors (Lipinski definition) is 5. The van der Waals surface area contributed by atoms with Crippen molar-refractivity contribution in [1.29, 1.82) is 0 Å². The number of aromatic amines is 1. The summed E-state index contributed by atoms with van der Waals surface area (Å²) >= 11 is 0. The van der Waals surface area contributed by atoms with E-state index in [0.717, 1.165) is 27.7 Å². The Morgan fingerprint density at radius 2 is 1.92 bits per heavy atom. The molecule has 2 aromatic carbocycles. The van der Waals surface area contributed by atoms with Gasteiger partial charge < -0.3 is 30.4 Å². The molecule has 1 unspecified atom stereocenters. The summed E-state index contributed by atoms with van der Waals surface area (Å²) in [6.45, 7) is 2.29. The highest BCUT2D eigenvalue weighted by Gasteiger charge is 2.40. The second-order valence-corrected chi connectivity index (χ2v) is 9.46. The smallest absolute Gasteiger partial charge is 0.247 e. The molecule has 198 valence electrons. The van der Waals surface area contributed by atoms with Crippen LogP contribution in [-0.2, 0) is 20.7 Å². The van der Waals surface area contributed by atoms with Crippen LogP contribution in [0.4, 0.5) is 4.39 Å². The second kappa shape index (κ2) is 11.9. The molecule has 0 bridgehead atoms. The number of para-hydroxylation sites is 1. The van der Waals surface area contributed by atoms with Gasteiger partial charge in [0.2, 0.25) is 11.8 Å². The van der Waals surface area contributed by atoms with Crippen LogP contribution in [0.1, 0.15) is 25.3 Å². The number of halogens is 1. The number of nitrogens with zero attached hydrogens (tertiary/aromatic N) is 1. The summed E-state index contributed by atoms with van der Waals surface area (Å²) < 4.78 is 18.9. The highest BCUT2D eigenvalue weighted by molar-refractivity contribution is 5.92. The Balaban J connectivity index is 1.64. The third-order valence-corrected chi connectivity index (χ3v) is 7.17. The first-order chi connectivity index (χ1) is 17.9. The number of methoxy groups -OCH3 is 1. The zero-order valence-electron chi connectivity index (χ0n) is 21.5. The molecule has 1 saturated heterocycles. The minimum atomic E-state index is -0.868. The summed E-state index contributed by atoms with van der Waals surface area (Å²) in [4.78, 5) is 31.5. The lowest BCUT2D eigenvalue weighted by molar-refractivity contribution is -0.139. The SMILES string of the molecule is CC[C@H](NC)C(=O)N[C@@H](COC)C(=O)N1CCC(O)[C@@H]1Cc1c(-c2ccc(F)cc2)[nH]c2ccccc12. The summed E-state index contributed by atoms with van der Waals surface area (Å²) in [5, 5.41) is 17.7. The van der Waals surface area contributed by atoms with Crippen LogP contribution in [0.25, 0.3) is 22.2 Å². The minimum absolute atomic E-state index is 0.0257. The molecule has 4 rings (SSSR count). The van der Waals surface area contributed by atoms with Crippen molar-refractivity contribution in [3.8, 4) is 11.3 Å². The van der Waals surface area contributed by atoms with E-state index in [0.29, 0.717) is 25.8 Å². The molecule has 4 atom stereocenters. The first kappa shape index (κ1) is 26.8. The Bertz CT molecular complexity index is 1220. The van der Waals surface area contributed by atoms with E-state index >= 15 is 0 Å². The molecule has 1 fully saturated rings. The number of amides is 2. The number of likely N-dealkylation sites (N-methyl/N-ethyl adjacent to an activating group) is 1. The topological polar surface area (TPSA) is 107 Å². The van der Waals surface area contributed by atoms with E-state index in [-0.39, 0.29) is 24.2 Å². The lowest BCUT2D eigenvalue weighted by atomic mass is 9.96. The van der Waals surface area contributed by atoms with E-state index in [9.17, 15) is 19.1 Å². The molecule has 2 heterocycles. The number of carbonyl (C=O) groups excluding carboxylic acids is 2. The van der Waals surface area contributed by atoms with Crippen molar-refractivity contribution in [2.45, 2.75) is 50.4 Å². The zero-order valence-corrected chi connectivity index (χ0v) is 21.5. The number of rotatable bonds is 10. The molecular weight excluding hydrogens is 475 g/mol. The molecule has 1 aliphatic rings. The van der Waals surface area contributed by atoms with Crippen molar-refractivity contribution in [3.05, 3.63) is 59.9 Å². The lowest BCUT2D eigenvalue weighted by Gasteiger charge is -2.31. The van der Waals surface area contributed by atoms with Crippen LogP contribution in [0.2, 0.25) is 0 Å². The number of carbonyl (C=O) groups is 2. The van der Waals surface area contributed by atoms with Gasteiger partial charge in [-0.25, -0.2) is 4.39 Å². The maximum atomic E-state index is 13.7. The van der Waals surface area contributed by atoms with Gasteiger partial charge in [0.1, 0.15) is 11.9 Å². The highest BCUT2D eigenvalue weighted by Crippen LogP contribution is 2.34. The molecule has 0 saturated carbocycles. The molecule has 1 aromatic heterocycles. The number of hydrogen-bond donors (Lipinski definition) is 4. The normalized spacial score (nSPS) is 19.2. The van der Waals surface area contributed by atoms with E-state index in [2.05, 4.69) is 15.6 Å². The number of H-pyrrole nitrogens is 1.